The molecular formula is C15H17NO4. The van der Waals surface area contributed by atoms with Crippen molar-refractivity contribution in [2.75, 3.05) is 20.2 Å². The summed E-state index contributed by atoms with van der Waals surface area (Å²) in [6.07, 6.45) is 5.23. The third-order valence-corrected chi connectivity index (χ3v) is 2.79. The number of carboxylic acid groups (broad SMARTS) is 1. The Hall–Kier alpha value is -2.48. The van der Waals surface area contributed by atoms with Crippen molar-refractivity contribution in [1.29, 1.82) is 0 Å². The molecule has 20 heavy (non-hydrogen) atoms. The van der Waals surface area contributed by atoms with E-state index in [1.54, 1.807) is 13.2 Å². The van der Waals surface area contributed by atoms with Crippen LogP contribution >= 0.6 is 0 Å². The highest BCUT2D eigenvalue weighted by molar-refractivity contribution is 5.83. The molecule has 0 radical (unpaired) electrons. The van der Waals surface area contributed by atoms with Gasteiger partial charge in [-0.2, -0.15) is 0 Å². The van der Waals surface area contributed by atoms with Crippen LogP contribution in [-0.2, 0) is 16.0 Å². The van der Waals surface area contributed by atoms with Gasteiger partial charge in [-0.25, -0.2) is 0 Å². The first kappa shape index (κ1) is 15.6. The Bertz CT molecular complexity index is 545. The summed E-state index contributed by atoms with van der Waals surface area (Å²) < 4.78 is 5.19. The summed E-state index contributed by atoms with van der Waals surface area (Å²) in [4.78, 5) is 23.9. The first-order valence-corrected chi connectivity index (χ1v) is 6.04. The Kier molecular flexibility index (Phi) is 5.60. The summed E-state index contributed by atoms with van der Waals surface area (Å²) in [5.41, 5.74) is 1.72. The molecule has 5 nitrogen and oxygen atoms in total. The number of methoxy groups -OCH3 is 1. The zero-order valence-corrected chi connectivity index (χ0v) is 11.5. The van der Waals surface area contributed by atoms with Crippen LogP contribution < -0.4 is 4.74 Å². The number of hydrogen-bond donors (Lipinski definition) is 1. The van der Waals surface area contributed by atoms with E-state index in [0.717, 1.165) is 16.0 Å². The molecule has 0 atom stereocenters. The SMILES string of the molecule is C#CCN(CC(=O)O)C(=O)Cc1ccc(C)c(OC)c1. The standard InChI is InChI=1S/C15H17NO4/c1-4-7-16(10-15(18)19)14(17)9-12-6-5-11(2)13(8-12)20-3/h1,5-6,8H,7,9-10H2,2-3H3,(H,18,19). The Morgan fingerprint density at radius 1 is 1.45 bits per heavy atom. The van der Waals surface area contributed by atoms with Crippen LogP contribution in [0.25, 0.3) is 0 Å². The van der Waals surface area contributed by atoms with E-state index in [1.165, 1.54) is 0 Å². The van der Waals surface area contributed by atoms with E-state index in [-0.39, 0.29) is 18.9 Å². The summed E-state index contributed by atoms with van der Waals surface area (Å²) in [6.45, 7) is 1.49. The van der Waals surface area contributed by atoms with Gasteiger partial charge in [0.05, 0.1) is 20.1 Å². The average molecular weight is 275 g/mol. The van der Waals surface area contributed by atoms with E-state index in [0.29, 0.717) is 5.75 Å². The minimum atomic E-state index is -1.09. The highest BCUT2D eigenvalue weighted by atomic mass is 16.5. The second-order valence-corrected chi connectivity index (χ2v) is 4.33. The molecule has 106 valence electrons. The number of nitrogens with zero attached hydrogens (tertiary/aromatic N) is 1. The predicted octanol–water partition coefficient (Wildman–Crippen LogP) is 1.09. The van der Waals surface area contributed by atoms with Crippen LogP contribution in [0.4, 0.5) is 0 Å². The highest BCUT2D eigenvalue weighted by Crippen LogP contribution is 2.19. The molecule has 0 saturated carbocycles. The highest BCUT2D eigenvalue weighted by Gasteiger charge is 2.16. The largest absolute Gasteiger partial charge is 0.496 e. The second-order valence-electron chi connectivity index (χ2n) is 4.33. The molecule has 0 spiro atoms. The number of carbonyl (C=O) groups is 2. The van der Waals surface area contributed by atoms with Gasteiger partial charge < -0.3 is 14.7 Å². The van der Waals surface area contributed by atoms with Gasteiger partial charge in [0.2, 0.25) is 5.91 Å². The fraction of sp³-hybridized carbons (Fsp3) is 0.333. The summed E-state index contributed by atoms with van der Waals surface area (Å²) in [5, 5.41) is 8.76. The van der Waals surface area contributed by atoms with Gasteiger partial charge in [-0.3, -0.25) is 9.59 Å². The van der Waals surface area contributed by atoms with E-state index in [1.807, 2.05) is 19.1 Å². The van der Waals surface area contributed by atoms with Crippen molar-refractivity contribution in [3.8, 4) is 18.1 Å². The van der Waals surface area contributed by atoms with Crippen molar-refractivity contribution >= 4 is 11.9 Å². The van der Waals surface area contributed by atoms with Gasteiger partial charge in [-0.05, 0) is 24.1 Å². The van der Waals surface area contributed by atoms with Crippen LogP contribution in [0.5, 0.6) is 5.75 Å². The maximum absolute atomic E-state index is 12.0. The molecule has 1 rings (SSSR count). The molecule has 0 saturated heterocycles. The number of aliphatic carboxylic acids is 1. The number of terminal acetylenes is 1. The van der Waals surface area contributed by atoms with Gasteiger partial charge in [0.1, 0.15) is 12.3 Å². The Balaban J connectivity index is 2.82. The van der Waals surface area contributed by atoms with Crippen molar-refractivity contribution in [1.82, 2.24) is 4.90 Å². The normalized spacial score (nSPS) is 9.65. The molecule has 0 aliphatic rings. The number of carboxylic acids is 1. The number of amides is 1. The molecule has 5 heteroatoms. The van der Waals surface area contributed by atoms with Crippen molar-refractivity contribution < 1.29 is 19.4 Å². The molecule has 1 amide bonds. The minimum absolute atomic E-state index is 0.0197. The van der Waals surface area contributed by atoms with Crippen molar-refractivity contribution in [2.24, 2.45) is 0 Å². The number of carbonyl (C=O) groups excluding carboxylic acids is 1. The minimum Gasteiger partial charge on any atom is -0.496 e. The smallest absolute Gasteiger partial charge is 0.323 e. The Morgan fingerprint density at radius 3 is 2.70 bits per heavy atom. The molecule has 1 aromatic carbocycles. The fourth-order valence-electron chi connectivity index (χ4n) is 1.77. The van der Waals surface area contributed by atoms with Gasteiger partial charge in [-0.15, -0.1) is 6.42 Å². The third kappa shape index (κ3) is 4.32. The molecule has 0 heterocycles. The summed E-state index contributed by atoms with van der Waals surface area (Å²) >= 11 is 0. The maximum atomic E-state index is 12.0. The van der Waals surface area contributed by atoms with Crippen LogP contribution in [0.15, 0.2) is 18.2 Å². The van der Waals surface area contributed by atoms with Gasteiger partial charge in [0, 0.05) is 0 Å². The van der Waals surface area contributed by atoms with E-state index in [9.17, 15) is 9.59 Å². The number of ether oxygens (including phenoxy) is 1. The van der Waals surface area contributed by atoms with E-state index in [4.69, 9.17) is 16.3 Å². The van der Waals surface area contributed by atoms with E-state index >= 15 is 0 Å². The maximum Gasteiger partial charge on any atom is 0.323 e. The lowest BCUT2D eigenvalue weighted by Crippen LogP contribution is -2.36. The van der Waals surface area contributed by atoms with E-state index < -0.39 is 12.5 Å². The molecule has 0 unspecified atom stereocenters. The van der Waals surface area contributed by atoms with Crippen LogP contribution in [-0.4, -0.2) is 42.1 Å². The third-order valence-electron chi connectivity index (χ3n) is 2.79. The molecule has 0 aliphatic heterocycles. The summed E-state index contributed by atoms with van der Waals surface area (Å²) in [7, 11) is 1.56. The van der Waals surface area contributed by atoms with Gasteiger partial charge in [-0.1, -0.05) is 18.1 Å². The van der Waals surface area contributed by atoms with Crippen molar-refractivity contribution in [3.63, 3.8) is 0 Å². The van der Waals surface area contributed by atoms with Gasteiger partial charge in [0.25, 0.3) is 0 Å². The molecule has 0 bridgehead atoms. The monoisotopic (exact) mass is 275 g/mol. The molecule has 1 aromatic rings. The summed E-state index contributed by atoms with van der Waals surface area (Å²) in [6, 6.07) is 5.43. The molecule has 0 fully saturated rings. The summed E-state index contributed by atoms with van der Waals surface area (Å²) in [5.74, 6) is 1.57. The van der Waals surface area contributed by atoms with Gasteiger partial charge >= 0.3 is 5.97 Å². The average Bonchev–Trinajstić information content (AvgIpc) is 2.40. The van der Waals surface area contributed by atoms with Crippen LogP contribution in [0.2, 0.25) is 0 Å². The Morgan fingerprint density at radius 2 is 2.15 bits per heavy atom. The topological polar surface area (TPSA) is 66.8 Å². The lowest BCUT2D eigenvalue weighted by Gasteiger charge is -2.18. The van der Waals surface area contributed by atoms with Crippen molar-refractivity contribution in [2.45, 2.75) is 13.3 Å². The zero-order chi connectivity index (χ0) is 15.1. The predicted molar refractivity (Wildman–Crippen MR) is 74.5 cm³/mol. The van der Waals surface area contributed by atoms with E-state index in [2.05, 4.69) is 5.92 Å². The zero-order valence-electron chi connectivity index (χ0n) is 11.5. The number of benzene rings is 1. The lowest BCUT2D eigenvalue weighted by atomic mass is 10.1. The molecular weight excluding hydrogens is 258 g/mol. The van der Waals surface area contributed by atoms with Gasteiger partial charge in [0.15, 0.2) is 0 Å². The molecule has 1 N–H and O–H groups in total. The van der Waals surface area contributed by atoms with Crippen LogP contribution in [0.1, 0.15) is 11.1 Å². The molecule has 0 aliphatic carbocycles. The number of hydrogen-bond acceptors (Lipinski definition) is 3. The first-order valence-electron chi connectivity index (χ1n) is 6.04. The Labute approximate surface area is 118 Å². The number of aryl methyl sites for hydroxylation is 1. The van der Waals surface area contributed by atoms with Crippen LogP contribution in [0, 0.1) is 19.3 Å². The fourth-order valence-corrected chi connectivity index (χ4v) is 1.77. The number of rotatable bonds is 6. The lowest BCUT2D eigenvalue weighted by molar-refractivity contribution is -0.143. The molecule has 0 aromatic heterocycles. The quantitative estimate of drug-likeness (QED) is 0.789. The van der Waals surface area contributed by atoms with Crippen LogP contribution in [0.3, 0.4) is 0 Å². The van der Waals surface area contributed by atoms with Crippen molar-refractivity contribution in [3.05, 3.63) is 29.3 Å². The first-order chi connectivity index (χ1) is 9.47. The second kappa shape index (κ2) is 7.19.